The van der Waals surface area contributed by atoms with Crippen molar-refractivity contribution in [2.75, 3.05) is 17.3 Å². The highest BCUT2D eigenvalue weighted by Crippen LogP contribution is 2.48. The van der Waals surface area contributed by atoms with Crippen molar-refractivity contribution in [1.82, 2.24) is 10.6 Å². The fraction of sp³-hybridized carbons (Fsp3) is 0.222. The summed E-state index contributed by atoms with van der Waals surface area (Å²) in [6.07, 6.45) is 0.0295. The Balaban J connectivity index is 1.92. The van der Waals surface area contributed by atoms with Crippen LogP contribution in [0, 0.1) is 0 Å². The van der Waals surface area contributed by atoms with E-state index in [4.69, 9.17) is 4.55 Å². The summed E-state index contributed by atoms with van der Waals surface area (Å²) in [7, 11) is -9.48. The van der Waals surface area contributed by atoms with Crippen molar-refractivity contribution in [3.8, 4) is 0 Å². The van der Waals surface area contributed by atoms with Gasteiger partial charge in [-0.05, 0) is 16.7 Å². The Kier molecular flexibility index (Phi) is 10.8. The van der Waals surface area contributed by atoms with E-state index in [0.717, 1.165) is 16.7 Å². The maximum absolute atomic E-state index is 13.2. The zero-order valence-corrected chi connectivity index (χ0v) is 23.9. The summed E-state index contributed by atoms with van der Waals surface area (Å²) in [4.78, 5) is 37.1. The first-order valence-corrected chi connectivity index (χ1v) is 16.3. The van der Waals surface area contributed by atoms with Crippen LogP contribution in [-0.4, -0.2) is 73.4 Å². The Labute approximate surface area is 242 Å². The highest BCUT2D eigenvalue weighted by Gasteiger charge is 2.38. The maximum Gasteiger partial charge on any atom is 0.267 e. The van der Waals surface area contributed by atoms with Gasteiger partial charge in [0.25, 0.3) is 20.2 Å². The average molecular weight is 621 g/mol. The summed E-state index contributed by atoms with van der Waals surface area (Å²) in [6.45, 7) is 0. The number of carbonyl (C=O) groups excluding carboxylic acids is 3. The molecule has 0 unspecified atom stereocenters. The molecule has 11 nitrogen and oxygen atoms in total. The molecular formula is C27H28N2O9S3. The van der Waals surface area contributed by atoms with Crippen molar-refractivity contribution in [2.45, 2.75) is 16.8 Å². The van der Waals surface area contributed by atoms with Gasteiger partial charge in [0.15, 0.2) is 0 Å². The third-order valence-corrected chi connectivity index (χ3v) is 8.95. The van der Waals surface area contributed by atoms with E-state index in [1.165, 1.54) is 11.8 Å². The number of benzene rings is 3. The first-order chi connectivity index (χ1) is 19.3. The van der Waals surface area contributed by atoms with Gasteiger partial charge < -0.3 is 15.4 Å². The van der Waals surface area contributed by atoms with Crippen LogP contribution in [0.5, 0.6) is 0 Å². The van der Waals surface area contributed by atoms with E-state index in [0.29, 0.717) is 0 Å². The summed E-state index contributed by atoms with van der Waals surface area (Å²) >= 11 is 1.21. The van der Waals surface area contributed by atoms with Gasteiger partial charge in [-0.15, -0.1) is 11.8 Å². The van der Waals surface area contributed by atoms with Crippen LogP contribution < -0.4 is 10.6 Å². The lowest BCUT2D eigenvalue weighted by Gasteiger charge is -2.35. The molecule has 0 aliphatic heterocycles. The summed E-state index contributed by atoms with van der Waals surface area (Å²) in [6, 6.07) is 24.6. The van der Waals surface area contributed by atoms with E-state index in [-0.39, 0.29) is 12.0 Å². The van der Waals surface area contributed by atoms with Crippen molar-refractivity contribution in [3.63, 3.8) is 0 Å². The second-order valence-corrected chi connectivity index (χ2v) is 13.1. The number of amides is 2. The zero-order valence-electron chi connectivity index (χ0n) is 21.5. The molecule has 41 heavy (non-hydrogen) atoms. The third kappa shape index (κ3) is 9.23. The minimum atomic E-state index is -4.80. The topological polar surface area (TPSA) is 184 Å². The number of hydrogen-bond donors (Lipinski definition) is 4. The molecule has 0 fully saturated rings. The molecule has 0 heterocycles. The molecule has 0 radical (unpaired) electrons. The molecule has 0 saturated carbocycles. The van der Waals surface area contributed by atoms with E-state index in [2.05, 4.69) is 5.32 Å². The molecule has 0 aromatic heterocycles. The molecule has 3 rings (SSSR count). The fourth-order valence-electron chi connectivity index (χ4n) is 4.20. The molecule has 14 heteroatoms. The van der Waals surface area contributed by atoms with Crippen molar-refractivity contribution in [1.29, 1.82) is 0 Å². The molecule has 0 aliphatic carbocycles. The first-order valence-electron chi connectivity index (χ1n) is 12.1. The Morgan fingerprint density at radius 3 is 1.51 bits per heavy atom. The van der Waals surface area contributed by atoms with Crippen LogP contribution >= 0.6 is 11.8 Å². The molecular weight excluding hydrogens is 593 g/mol. The normalized spacial score (nSPS) is 13.5. The Hall–Kier alpha value is -3.56. The summed E-state index contributed by atoms with van der Waals surface area (Å²) in [5, 5.41) is 4.21. The van der Waals surface area contributed by atoms with Crippen molar-refractivity contribution < 1.29 is 40.3 Å². The van der Waals surface area contributed by atoms with Gasteiger partial charge in [-0.2, -0.15) is 16.8 Å². The predicted molar refractivity (Wildman–Crippen MR) is 154 cm³/mol. The van der Waals surface area contributed by atoms with E-state index in [1.54, 1.807) is 0 Å². The second kappa shape index (κ2) is 13.9. The largest absolute Gasteiger partial charge is 0.344 e. The van der Waals surface area contributed by atoms with Gasteiger partial charge in [-0.25, -0.2) is 0 Å². The Morgan fingerprint density at radius 2 is 1.15 bits per heavy atom. The summed E-state index contributed by atoms with van der Waals surface area (Å²) < 4.78 is 62.9. The van der Waals surface area contributed by atoms with Crippen LogP contribution in [0.2, 0.25) is 0 Å². The van der Waals surface area contributed by atoms with Crippen molar-refractivity contribution >= 4 is 50.1 Å². The maximum atomic E-state index is 13.2. The van der Waals surface area contributed by atoms with E-state index in [1.807, 2.05) is 96.3 Å². The van der Waals surface area contributed by atoms with Crippen LogP contribution in [0.3, 0.4) is 0 Å². The monoisotopic (exact) mass is 620 g/mol. The Bertz CT molecular complexity index is 1450. The SMILES string of the molecule is O=C[C@H](CS(=O)(=O)O)NC(=O)[C@H](CS(=O)(=O)O)NC(=O)CSC(c1ccccc1)(c1ccccc1)c1ccccc1. The predicted octanol–water partition coefficient (Wildman–Crippen LogP) is 1.66. The molecule has 3 aromatic carbocycles. The molecule has 0 spiro atoms. The van der Waals surface area contributed by atoms with Gasteiger partial charge in [-0.1, -0.05) is 91.0 Å². The van der Waals surface area contributed by atoms with Crippen LogP contribution in [0.25, 0.3) is 0 Å². The number of aldehydes is 1. The lowest BCUT2D eigenvalue weighted by atomic mass is 9.84. The Morgan fingerprint density at radius 1 is 0.732 bits per heavy atom. The van der Waals surface area contributed by atoms with Crippen LogP contribution in [0.15, 0.2) is 91.0 Å². The smallest absolute Gasteiger partial charge is 0.267 e. The minimum Gasteiger partial charge on any atom is -0.344 e. The molecule has 0 bridgehead atoms. The van der Waals surface area contributed by atoms with E-state index in [9.17, 15) is 35.8 Å². The molecule has 0 saturated heterocycles. The fourth-order valence-corrected chi connectivity index (χ4v) is 6.81. The van der Waals surface area contributed by atoms with E-state index >= 15 is 0 Å². The van der Waals surface area contributed by atoms with Gasteiger partial charge in [0.1, 0.15) is 29.9 Å². The van der Waals surface area contributed by atoms with Crippen LogP contribution in [0.4, 0.5) is 0 Å². The highest BCUT2D eigenvalue weighted by atomic mass is 32.2. The van der Waals surface area contributed by atoms with Gasteiger partial charge in [-0.3, -0.25) is 18.7 Å². The van der Waals surface area contributed by atoms with E-state index < -0.39 is 60.4 Å². The van der Waals surface area contributed by atoms with Gasteiger partial charge in [0, 0.05) is 0 Å². The third-order valence-electron chi connectivity index (χ3n) is 5.87. The van der Waals surface area contributed by atoms with Crippen LogP contribution in [-0.2, 0) is 39.4 Å². The van der Waals surface area contributed by atoms with Gasteiger partial charge in [0.05, 0.1) is 10.5 Å². The minimum absolute atomic E-state index is 0.0295. The number of thioether (sulfide) groups is 1. The standard InChI is InChI=1S/C27H28N2O9S3/c30-16-23(18-40(33,34)35)28-26(32)24(19-41(36,37)38)29-25(31)17-39-27(20-10-4-1-5-11-20,21-12-6-2-7-13-21)22-14-8-3-9-15-22/h1-16,23-24H,17-19H2,(H,28,32)(H,29,31)(H,33,34,35)(H,36,37,38)/t23-,24+/m1/s1. The van der Waals surface area contributed by atoms with Gasteiger partial charge in [0.2, 0.25) is 11.8 Å². The lowest BCUT2D eigenvalue weighted by molar-refractivity contribution is -0.128. The van der Waals surface area contributed by atoms with Gasteiger partial charge >= 0.3 is 0 Å². The molecule has 2 atom stereocenters. The molecule has 0 aliphatic rings. The quantitative estimate of drug-likeness (QED) is 0.117. The number of hydrogen-bond acceptors (Lipinski definition) is 8. The summed E-state index contributed by atoms with van der Waals surface area (Å²) in [5.74, 6) is -4.71. The number of nitrogens with one attached hydrogen (secondary N) is 2. The molecule has 3 aromatic rings. The van der Waals surface area contributed by atoms with Crippen LogP contribution in [0.1, 0.15) is 16.7 Å². The lowest BCUT2D eigenvalue weighted by Crippen LogP contribution is -2.54. The summed E-state index contributed by atoms with van der Waals surface area (Å²) in [5.41, 5.74) is 2.55. The molecule has 4 N–H and O–H groups in total. The molecule has 218 valence electrons. The van der Waals surface area contributed by atoms with Crippen molar-refractivity contribution in [2.24, 2.45) is 0 Å². The van der Waals surface area contributed by atoms with Crippen molar-refractivity contribution in [3.05, 3.63) is 108 Å². The second-order valence-electron chi connectivity index (χ2n) is 8.94. The number of carbonyl (C=O) groups is 3. The molecule has 2 amide bonds. The highest BCUT2D eigenvalue weighted by molar-refractivity contribution is 8.01. The number of rotatable bonds is 14. The average Bonchev–Trinajstić information content (AvgIpc) is 2.93. The zero-order chi connectivity index (χ0) is 30.1. The first kappa shape index (κ1) is 32.0.